The quantitative estimate of drug-likeness (QED) is 0.750. The Labute approximate surface area is 152 Å². The maximum Gasteiger partial charge on any atom is 0.223 e. The van der Waals surface area contributed by atoms with Crippen molar-refractivity contribution in [2.24, 2.45) is 7.05 Å². The van der Waals surface area contributed by atoms with Crippen molar-refractivity contribution in [3.05, 3.63) is 51.3 Å². The third-order valence-corrected chi connectivity index (χ3v) is 5.29. The number of carbonyl (C=O) groups excluding carboxylic acids is 1. The van der Waals surface area contributed by atoms with Gasteiger partial charge in [-0.2, -0.15) is 5.10 Å². The van der Waals surface area contributed by atoms with Gasteiger partial charge in [-0.25, -0.2) is 0 Å². The van der Waals surface area contributed by atoms with Crippen molar-refractivity contribution in [1.29, 1.82) is 0 Å². The first-order valence-electron chi connectivity index (χ1n) is 8.48. The molecule has 2 aromatic rings. The number of aromatic nitrogens is 2. The summed E-state index contributed by atoms with van der Waals surface area (Å²) in [6, 6.07) is 8.64. The van der Waals surface area contributed by atoms with E-state index in [9.17, 15) is 4.79 Å². The maximum absolute atomic E-state index is 12.8. The van der Waals surface area contributed by atoms with E-state index in [-0.39, 0.29) is 5.91 Å². The molecule has 5 heteroatoms. The first kappa shape index (κ1) is 17.2. The van der Waals surface area contributed by atoms with E-state index < -0.39 is 0 Å². The molecule has 0 bridgehead atoms. The van der Waals surface area contributed by atoms with Crippen LogP contribution in [-0.2, 0) is 24.8 Å². The van der Waals surface area contributed by atoms with Crippen molar-refractivity contribution < 1.29 is 4.79 Å². The molecule has 1 aromatic heterocycles. The van der Waals surface area contributed by atoms with Gasteiger partial charge >= 0.3 is 0 Å². The van der Waals surface area contributed by atoms with Crippen LogP contribution in [0.15, 0.2) is 28.7 Å². The number of rotatable bonds is 6. The van der Waals surface area contributed by atoms with Crippen molar-refractivity contribution in [3.63, 3.8) is 0 Å². The second-order valence-electron chi connectivity index (χ2n) is 6.66. The normalized spacial score (nSPS) is 14.0. The summed E-state index contributed by atoms with van der Waals surface area (Å²) in [5, 5.41) is 4.44. The predicted molar refractivity (Wildman–Crippen MR) is 98.7 cm³/mol. The Kier molecular flexibility index (Phi) is 5.09. The van der Waals surface area contributed by atoms with Gasteiger partial charge in [0, 0.05) is 36.2 Å². The molecular weight excluding hydrogens is 366 g/mol. The van der Waals surface area contributed by atoms with Gasteiger partial charge in [0.2, 0.25) is 5.91 Å². The average Bonchev–Trinajstić information content (AvgIpc) is 3.33. The Bertz CT molecular complexity index is 749. The van der Waals surface area contributed by atoms with E-state index in [1.807, 2.05) is 30.8 Å². The summed E-state index contributed by atoms with van der Waals surface area (Å²) in [6.07, 6.45) is 3.58. The van der Waals surface area contributed by atoms with Crippen LogP contribution < -0.4 is 0 Å². The van der Waals surface area contributed by atoms with Crippen molar-refractivity contribution in [2.45, 2.75) is 52.1 Å². The molecule has 0 radical (unpaired) electrons. The van der Waals surface area contributed by atoms with Crippen molar-refractivity contribution in [2.75, 3.05) is 0 Å². The molecule has 0 N–H and O–H groups in total. The number of hydrogen-bond donors (Lipinski definition) is 0. The van der Waals surface area contributed by atoms with Crippen LogP contribution in [0.25, 0.3) is 0 Å². The summed E-state index contributed by atoms with van der Waals surface area (Å²) in [7, 11) is 1.96. The fourth-order valence-corrected chi connectivity index (χ4v) is 3.64. The Hall–Kier alpha value is -1.62. The standard InChI is InChI=1S/C19H24BrN3O/c1-13-18(14(2)22(3)21-13)9-10-19(24)23(17-7-8-17)12-15-5-4-6-16(20)11-15/h4-6,11,17H,7-10,12H2,1-3H3. The molecule has 1 saturated carbocycles. The highest BCUT2D eigenvalue weighted by Gasteiger charge is 2.32. The Morgan fingerprint density at radius 1 is 1.38 bits per heavy atom. The second-order valence-corrected chi connectivity index (χ2v) is 7.57. The van der Waals surface area contributed by atoms with Gasteiger partial charge in [-0.3, -0.25) is 9.48 Å². The van der Waals surface area contributed by atoms with E-state index >= 15 is 0 Å². The largest absolute Gasteiger partial charge is 0.335 e. The lowest BCUT2D eigenvalue weighted by Crippen LogP contribution is -2.32. The fraction of sp³-hybridized carbons (Fsp3) is 0.474. The van der Waals surface area contributed by atoms with E-state index in [1.165, 1.54) is 11.1 Å². The molecule has 128 valence electrons. The smallest absolute Gasteiger partial charge is 0.223 e. The lowest BCUT2D eigenvalue weighted by atomic mass is 10.1. The highest BCUT2D eigenvalue weighted by molar-refractivity contribution is 9.10. The minimum atomic E-state index is 0.250. The van der Waals surface area contributed by atoms with Gasteiger partial charge in [0.25, 0.3) is 0 Å². The molecular formula is C19H24BrN3O. The summed E-state index contributed by atoms with van der Waals surface area (Å²) in [5.41, 5.74) is 4.58. The molecule has 0 atom stereocenters. The third-order valence-electron chi connectivity index (χ3n) is 4.80. The number of hydrogen-bond acceptors (Lipinski definition) is 2. The molecule has 1 aliphatic carbocycles. The zero-order chi connectivity index (χ0) is 17.3. The molecule has 4 nitrogen and oxygen atoms in total. The SMILES string of the molecule is Cc1nn(C)c(C)c1CCC(=O)N(Cc1cccc(Br)c1)C1CC1. The zero-order valence-corrected chi connectivity index (χ0v) is 16.1. The van der Waals surface area contributed by atoms with Gasteiger partial charge in [0.1, 0.15) is 0 Å². The van der Waals surface area contributed by atoms with Crippen LogP contribution >= 0.6 is 15.9 Å². The molecule has 0 unspecified atom stereocenters. The first-order valence-corrected chi connectivity index (χ1v) is 9.28. The molecule has 24 heavy (non-hydrogen) atoms. The van der Waals surface area contributed by atoms with Gasteiger partial charge < -0.3 is 4.90 Å². The number of halogens is 1. The Morgan fingerprint density at radius 2 is 2.12 bits per heavy atom. The molecule has 1 fully saturated rings. The van der Waals surface area contributed by atoms with Gasteiger partial charge in [-0.1, -0.05) is 28.1 Å². The second kappa shape index (κ2) is 7.09. The zero-order valence-electron chi connectivity index (χ0n) is 14.6. The van der Waals surface area contributed by atoms with Crippen molar-refractivity contribution in [1.82, 2.24) is 14.7 Å². The summed E-state index contributed by atoms with van der Waals surface area (Å²) >= 11 is 3.51. The Balaban J connectivity index is 1.67. The molecule has 1 heterocycles. The summed E-state index contributed by atoms with van der Waals surface area (Å²) in [4.78, 5) is 14.9. The molecule has 1 amide bonds. The van der Waals surface area contributed by atoms with E-state index in [0.29, 0.717) is 19.0 Å². The Morgan fingerprint density at radius 3 is 2.71 bits per heavy atom. The summed E-state index contributed by atoms with van der Waals surface area (Å²) < 4.78 is 2.96. The van der Waals surface area contributed by atoms with Crippen molar-refractivity contribution >= 4 is 21.8 Å². The predicted octanol–water partition coefficient (Wildman–Crippen LogP) is 3.92. The third kappa shape index (κ3) is 3.89. The minimum absolute atomic E-state index is 0.250. The molecule has 0 spiro atoms. The van der Waals surface area contributed by atoms with Crippen molar-refractivity contribution in [3.8, 4) is 0 Å². The average molecular weight is 390 g/mol. The maximum atomic E-state index is 12.8. The summed E-state index contributed by atoms with van der Waals surface area (Å²) in [6.45, 7) is 4.79. The van der Waals surface area contributed by atoms with E-state index in [0.717, 1.165) is 35.1 Å². The van der Waals surface area contributed by atoms with E-state index in [4.69, 9.17) is 0 Å². The number of carbonyl (C=O) groups is 1. The molecule has 0 saturated heterocycles. The van der Waals surface area contributed by atoms with Crippen LogP contribution in [-0.4, -0.2) is 26.6 Å². The first-order chi connectivity index (χ1) is 11.5. The van der Waals surface area contributed by atoms with E-state index in [2.05, 4.69) is 45.0 Å². The number of benzene rings is 1. The highest BCUT2D eigenvalue weighted by Crippen LogP contribution is 2.30. The minimum Gasteiger partial charge on any atom is -0.335 e. The van der Waals surface area contributed by atoms with Gasteiger partial charge in [-0.05, 0) is 56.4 Å². The highest BCUT2D eigenvalue weighted by atomic mass is 79.9. The van der Waals surface area contributed by atoms with Crippen LogP contribution in [0.2, 0.25) is 0 Å². The molecule has 0 aliphatic heterocycles. The van der Waals surface area contributed by atoms with Crippen LogP contribution in [0, 0.1) is 13.8 Å². The van der Waals surface area contributed by atoms with Crippen LogP contribution in [0.3, 0.4) is 0 Å². The lowest BCUT2D eigenvalue weighted by molar-refractivity contribution is -0.132. The number of aryl methyl sites for hydroxylation is 2. The van der Waals surface area contributed by atoms with Gasteiger partial charge in [0.05, 0.1) is 5.69 Å². The van der Waals surface area contributed by atoms with Gasteiger partial charge in [-0.15, -0.1) is 0 Å². The lowest BCUT2D eigenvalue weighted by Gasteiger charge is -2.23. The fourth-order valence-electron chi connectivity index (χ4n) is 3.19. The van der Waals surface area contributed by atoms with Gasteiger partial charge in [0.15, 0.2) is 0 Å². The van der Waals surface area contributed by atoms with Crippen LogP contribution in [0.4, 0.5) is 0 Å². The monoisotopic (exact) mass is 389 g/mol. The number of amides is 1. The van der Waals surface area contributed by atoms with Crippen LogP contribution in [0.5, 0.6) is 0 Å². The summed E-state index contributed by atoms with van der Waals surface area (Å²) in [5.74, 6) is 0.250. The molecule has 3 rings (SSSR count). The number of nitrogens with zero attached hydrogens (tertiary/aromatic N) is 3. The molecule has 1 aromatic carbocycles. The van der Waals surface area contributed by atoms with E-state index in [1.54, 1.807) is 0 Å². The van der Waals surface area contributed by atoms with Crippen LogP contribution in [0.1, 0.15) is 41.8 Å². The molecule has 1 aliphatic rings. The topological polar surface area (TPSA) is 38.1 Å².